The van der Waals surface area contributed by atoms with Crippen LogP contribution in [-0.2, 0) is 19.4 Å². The number of benzene rings is 1. The van der Waals surface area contributed by atoms with Gasteiger partial charge in [-0.1, -0.05) is 36.4 Å². The molecule has 27 heavy (non-hydrogen) atoms. The van der Waals surface area contributed by atoms with E-state index in [9.17, 15) is 0 Å². The van der Waals surface area contributed by atoms with Gasteiger partial charge in [-0.15, -0.1) is 21.5 Å². The van der Waals surface area contributed by atoms with Crippen molar-refractivity contribution in [3.05, 3.63) is 88.0 Å². The minimum atomic E-state index is 0.393. The SMILES string of the molecule is c1ccc(-c2nnc(C3CCc4ccccc4C3)n2Cc2cccs2)nc1. The third-order valence-electron chi connectivity index (χ3n) is 5.28. The molecule has 1 aromatic carbocycles. The maximum atomic E-state index is 4.65. The van der Waals surface area contributed by atoms with Gasteiger partial charge in [0.1, 0.15) is 11.5 Å². The first-order valence-corrected chi connectivity index (χ1v) is 10.2. The van der Waals surface area contributed by atoms with E-state index in [0.717, 1.165) is 43.1 Å². The molecular weight excluding hydrogens is 352 g/mol. The topological polar surface area (TPSA) is 43.6 Å². The first kappa shape index (κ1) is 16.4. The molecule has 1 atom stereocenters. The maximum Gasteiger partial charge on any atom is 0.182 e. The third-order valence-corrected chi connectivity index (χ3v) is 6.14. The van der Waals surface area contributed by atoms with E-state index in [4.69, 9.17) is 0 Å². The number of thiophene rings is 1. The van der Waals surface area contributed by atoms with Crippen molar-refractivity contribution in [2.24, 2.45) is 0 Å². The van der Waals surface area contributed by atoms with E-state index in [1.807, 2.05) is 24.4 Å². The molecular formula is C22H20N4S. The summed E-state index contributed by atoms with van der Waals surface area (Å²) in [5.41, 5.74) is 3.80. The molecule has 0 amide bonds. The van der Waals surface area contributed by atoms with Crippen LogP contribution in [0.25, 0.3) is 11.5 Å². The molecule has 5 rings (SSSR count). The number of hydrogen-bond donors (Lipinski definition) is 0. The van der Waals surface area contributed by atoms with Crippen LogP contribution in [0.5, 0.6) is 0 Å². The quantitative estimate of drug-likeness (QED) is 0.520. The Kier molecular flexibility index (Phi) is 4.30. The van der Waals surface area contributed by atoms with Crippen molar-refractivity contribution in [1.29, 1.82) is 0 Å². The number of pyridine rings is 1. The highest BCUT2D eigenvalue weighted by Crippen LogP contribution is 2.33. The zero-order chi connectivity index (χ0) is 18.1. The van der Waals surface area contributed by atoms with Crippen LogP contribution in [0.2, 0.25) is 0 Å². The van der Waals surface area contributed by atoms with E-state index in [1.54, 1.807) is 11.3 Å². The monoisotopic (exact) mass is 372 g/mol. The second kappa shape index (κ2) is 7.08. The average Bonchev–Trinajstić information content (AvgIpc) is 3.39. The zero-order valence-corrected chi connectivity index (χ0v) is 15.8. The highest BCUT2D eigenvalue weighted by Gasteiger charge is 2.26. The number of nitrogens with zero attached hydrogens (tertiary/aromatic N) is 4. The summed E-state index contributed by atoms with van der Waals surface area (Å²) >= 11 is 1.77. The molecule has 0 fully saturated rings. The maximum absolute atomic E-state index is 4.65. The molecule has 1 unspecified atom stereocenters. The fourth-order valence-corrected chi connectivity index (χ4v) is 4.63. The van der Waals surface area contributed by atoms with Gasteiger partial charge in [0.05, 0.1) is 6.54 Å². The molecule has 0 radical (unpaired) electrons. The largest absolute Gasteiger partial charge is 0.304 e. The average molecular weight is 372 g/mol. The lowest BCUT2D eigenvalue weighted by molar-refractivity contribution is 0.529. The Morgan fingerprint density at radius 3 is 2.67 bits per heavy atom. The van der Waals surface area contributed by atoms with Crippen LogP contribution in [0, 0.1) is 0 Å². The van der Waals surface area contributed by atoms with Crippen LogP contribution >= 0.6 is 11.3 Å². The molecule has 0 aliphatic heterocycles. The van der Waals surface area contributed by atoms with Crippen LogP contribution in [0.4, 0.5) is 0 Å². The molecule has 3 heterocycles. The van der Waals surface area contributed by atoms with Gasteiger partial charge in [0.15, 0.2) is 5.82 Å². The first-order chi connectivity index (χ1) is 13.4. The predicted octanol–water partition coefficient (Wildman–Crippen LogP) is 4.72. The molecule has 4 aromatic rings. The number of fused-ring (bicyclic) bond motifs is 1. The van der Waals surface area contributed by atoms with E-state index in [0.29, 0.717) is 5.92 Å². The second-order valence-electron chi connectivity index (χ2n) is 6.97. The second-order valence-corrected chi connectivity index (χ2v) is 8.00. The fraction of sp³-hybridized carbons (Fsp3) is 0.227. The molecule has 0 N–H and O–H groups in total. The van der Waals surface area contributed by atoms with Gasteiger partial charge in [-0.25, -0.2) is 0 Å². The number of aromatic nitrogens is 4. The van der Waals surface area contributed by atoms with Crippen molar-refractivity contribution in [3.63, 3.8) is 0 Å². The van der Waals surface area contributed by atoms with Gasteiger partial charge in [-0.2, -0.15) is 0 Å². The van der Waals surface area contributed by atoms with E-state index >= 15 is 0 Å². The van der Waals surface area contributed by atoms with Gasteiger partial charge in [0.25, 0.3) is 0 Å². The Morgan fingerprint density at radius 2 is 1.85 bits per heavy atom. The number of rotatable bonds is 4. The fourth-order valence-electron chi connectivity index (χ4n) is 3.93. The lowest BCUT2D eigenvalue weighted by Gasteiger charge is -2.24. The summed E-state index contributed by atoms with van der Waals surface area (Å²) in [6.07, 6.45) is 5.06. The number of hydrogen-bond acceptors (Lipinski definition) is 4. The summed E-state index contributed by atoms with van der Waals surface area (Å²) in [5, 5.41) is 11.3. The summed E-state index contributed by atoms with van der Waals surface area (Å²) in [5.74, 6) is 2.33. The van der Waals surface area contributed by atoms with Gasteiger partial charge in [0.2, 0.25) is 0 Å². The summed E-state index contributed by atoms with van der Waals surface area (Å²) < 4.78 is 2.27. The summed E-state index contributed by atoms with van der Waals surface area (Å²) in [7, 11) is 0. The van der Waals surface area contributed by atoms with E-state index in [1.165, 1.54) is 16.0 Å². The molecule has 1 aliphatic rings. The first-order valence-electron chi connectivity index (χ1n) is 9.32. The minimum absolute atomic E-state index is 0.393. The van der Waals surface area contributed by atoms with Crippen molar-refractivity contribution in [2.75, 3.05) is 0 Å². The van der Waals surface area contributed by atoms with E-state index < -0.39 is 0 Å². The van der Waals surface area contributed by atoms with Gasteiger partial charge in [-0.05, 0) is 54.0 Å². The van der Waals surface area contributed by atoms with Crippen LogP contribution in [0.1, 0.15) is 34.2 Å². The molecule has 0 bridgehead atoms. The Labute approximate surface area is 162 Å². The summed E-state index contributed by atoms with van der Waals surface area (Å²) in [6, 6.07) is 19.0. The molecule has 0 saturated heterocycles. The number of aryl methyl sites for hydroxylation is 1. The summed E-state index contributed by atoms with van der Waals surface area (Å²) in [6.45, 7) is 0.796. The van der Waals surface area contributed by atoms with Crippen molar-refractivity contribution < 1.29 is 0 Å². The van der Waals surface area contributed by atoms with E-state index in [2.05, 4.69) is 61.5 Å². The Hall–Kier alpha value is -2.79. The van der Waals surface area contributed by atoms with Gasteiger partial charge < -0.3 is 4.57 Å². The van der Waals surface area contributed by atoms with Crippen LogP contribution in [0.3, 0.4) is 0 Å². The molecule has 4 nitrogen and oxygen atoms in total. The lowest BCUT2D eigenvalue weighted by Crippen LogP contribution is -2.18. The normalized spacial score (nSPS) is 16.2. The Balaban J connectivity index is 1.55. The van der Waals surface area contributed by atoms with Gasteiger partial charge in [-0.3, -0.25) is 4.98 Å². The van der Waals surface area contributed by atoms with Crippen LogP contribution in [0.15, 0.2) is 66.2 Å². The van der Waals surface area contributed by atoms with Gasteiger partial charge >= 0.3 is 0 Å². The van der Waals surface area contributed by atoms with Crippen molar-refractivity contribution >= 4 is 11.3 Å². The predicted molar refractivity (Wildman–Crippen MR) is 108 cm³/mol. The van der Waals surface area contributed by atoms with Crippen LogP contribution < -0.4 is 0 Å². The van der Waals surface area contributed by atoms with Crippen molar-refractivity contribution in [3.8, 4) is 11.5 Å². The standard InChI is InChI=1S/C22H20N4S/c1-2-7-17-14-18(11-10-16(17)6-1)21-24-25-22(20-9-3-4-12-23-20)26(21)15-19-8-5-13-27-19/h1-9,12-13,18H,10-11,14-15H2. The molecule has 0 spiro atoms. The molecule has 3 aromatic heterocycles. The summed E-state index contributed by atoms with van der Waals surface area (Å²) in [4.78, 5) is 5.82. The van der Waals surface area contributed by atoms with Crippen molar-refractivity contribution in [2.45, 2.75) is 31.7 Å². The van der Waals surface area contributed by atoms with Crippen LogP contribution in [-0.4, -0.2) is 19.7 Å². The van der Waals surface area contributed by atoms with Crippen molar-refractivity contribution in [1.82, 2.24) is 19.7 Å². The Bertz CT molecular complexity index is 1040. The highest BCUT2D eigenvalue weighted by molar-refractivity contribution is 7.09. The molecule has 1 aliphatic carbocycles. The smallest absolute Gasteiger partial charge is 0.182 e. The highest BCUT2D eigenvalue weighted by atomic mass is 32.1. The molecule has 134 valence electrons. The zero-order valence-electron chi connectivity index (χ0n) is 15.0. The van der Waals surface area contributed by atoms with Gasteiger partial charge in [0, 0.05) is 17.0 Å². The minimum Gasteiger partial charge on any atom is -0.304 e. The molecule has 5 heteroatoms. The third kappa shape index (κ3) is 3.19. The lowest BCUT2D eigenvalue weighted by atomic mass is 9.83. The van der Waals surface area contributed by atoms with E-state index in [-0.39, 0.29) is 0 Å². The molecule has 0 saturated carbocycles. The Morgan fingerprint density at radius 1 is 0.963 bits per heavy atom.